The van der Waals surface area contributed by atoms with Crippen LogP contribution in [0, 0.1) is 3.57 Å². The summed E-state index contributed by atoms with van der Waals surface area (Å²) < 4.78 is 6.55. The first-order valence-electron chi connectivity index (χ1n) is 5.82. The number of methoxy groups -OCH3 is 1. The molecule has 1 amide bonds. The fourth-order valence-electron chi connectivity index (χ4n) is 1.94. The molecule has 0 spiro atoms. The van der Waals surface area contributed by atoms with Crippen molar-refractivity contribution in [1.82, 2.24) is 5.32 Å². The Hall–Kier alpha value is -0.270. The summed E-state index contributed by atoms with van der Waals surface area (Å²) in [5, 5.41) is 2.99. The van der Waals surface area contributed by atoms with Gasteiger partial charge in [-0.15, -0.1) is 0 Å². The van der Waals surface area contributed by atoms with E-state index in [9.17, 15) is 4.79 Å². The fourth-order valence-corrected chi connectivity index (χ4v) is 3.97. The molecule has 5 heteroatoms. The minimum absolute atomic E-state index is 0.0201. The zero-order valence-electron chi connectivity index (χ0n) is 10.2. The highest BCUT2D eigenvalue weighted by Crippen LogP contribution is 2.30. The molecule has 0 aliphatic carbocycles. The van der Waals surface area contributed by atoms with E-state index < -0.39 is 0 Å². The van der Waals surface area contributed by atoms with Crippen LogP contribution in [-0.4, -0.2) is 36.7 Å². The van der Waals surface area contributed by atoms with Crippen molar-refractivity contribution in [3.05, 3.63) is 33.4 Å². The van der Waals surface area contributed by atoms with Gasteiger partial charge < -0.3 is 10.1 Å². The molecule has 1 heterocycles. The van der Waals surface area contributed by atoms with Crippen LogP contribution in [0.2, 0.25) is 0 Å². The Morgan fingerprint density at radius 3 is 2.94 bits per heavy atom. The van der Waals surface area contributed by atoms with Crippen molar-refractivity contribution < 1.29 is 9.53 Å². The fraction of sp³-hybridized carbons (Fsp3) is 0.462. The predicted octanol–water partition coefficient (Wildman–Crippen LogP) is 2.54. The molecule has 1 saturated heterocycles. The van der Waals surface area contributed by atoms with Crippen LogP contribution in [0.4, 0.5) is 0 Å². The van der Waals surface area contributed by atoms with Gasteiger partial charge in [0.2, 0.25) is 0 Å². The van der Waals surface area contributed by atoms with Crippen molar-refractivity contribution >= 4 is 40.3 Å². The lowest BCUT2D eigenvalue weighted by molar-refractivity contribution is 0.0137. The predicted molar refractivity (Wildman–Crippen MR) is 83.2 cm³/mol. The van der Waals surface area contributed by atoms with Gasteiger partial charge in [0, 0.05) is 23.0 Å². The first-order chi connectivity index (χ1) is 8.67. The molecule has 1 fully saturated rings. The lowest BCUT2D eigenvalue weighted by Gasteiger charge is -2.26. The number of hydrogen-bond acceptors (Lipinski definition) is 3. The van der Waals surface area contributed by atoms with E-state index in [-0.39, 0.29) is 11.5 Å². The van der Waals surface area contributed by atoms with Gasteiger partial charge in [0.15, 0.2) is 0 Å². The lowest BCUT2D eigenvalue weighted by atomic mass is 10.0. The van der Waals surface area contributed by atoms with Crippen LogP contribution in [0.5, 0.6) is 0 Å². The molecule has 1 unspecified atom stereocenters. The zero-order chi connectivity index (χ0) is 13.0. The smallest absolute Gasteiger partial charge is 0.252 e. The van der Waals surface area contributed by atoms with Gasteiger partial charge in [-0.05, 0) is 46.9 Å². The SMILES string of the molecule is COC1(CNC(=O)c2ccccc2I)CCSC1. The molecule has 98 valence electrons. The van der Waals surface area contributed by atoms with Gasteiger partial charge in [-0.1, -0.05) is 12.1 Å². The summed E-state index contributed by atoms with van der Waals surface area (Å²) in [6, 6.07) is 7.60. The van der Waals surface area contributed by atoms with E-state index in [1.807, 2.05) is 36.0 Å². The third-order valence-electron chi connectivity index (χ3n) is 3.19. The number of amides is 1. The highest BCUT2D eigenvalue weighted by atomic mass is 127. The molecule has 0 radical (unpaired) electrons. The van der Waals surface area contributed by atoms with Crippen molar-refractivity contribution in [3.8, 4) is 0 Å². The van der Waals surface area contributed by atoms with Gasteiger partial charge in [0.1, 0.15) is 0 Å². The summed E-state index contributed by atoms with van der Waals surface area (Å²) in [6.07, 6.45) is 1.00. The maximum Gasteiger partial charge on any atom is 0.252 e. The molecule has 1 aliphatic heterocycles. The second-order valence-electron chi connectivity index (χ2n) is 4.35. The summed E-state index contributed by atoms with van der Waals surface area (Å²) in [6.45, 7) is 0.584. The van der Waals surface area contributed by atoms with Crippen LogP contribution in [0.25, 0.3) is 0 Å². The molecule has 3 nitrogen and oxygen atoms in total. The molecule has 1 N–H and O–H groups in total. The van der Waals surface area contributed by atoms with Crippen LogP contribution in [0.15, 0.2) is 24.3 Å². The van der Waals surface area contributed by atoms with Crippen LogP contribution in [0.1, 0.15) is 16.8 Å². The van der Waals surface area contributed by atoms with Gasteiger partial charge in [0.25, 0.3) is 5.91 Å². The van der Waals surface area contributed by atoms with Crippen LogP contribution in [0.3, 0.4) is 0 Å². The minimum atomic E-state index is -0.180. The van der Waals surface area contributed by atoms with E-state index in [1.165, 1.54) is 0 Å². The molecular formula is C13H16INO2S. The topological polar surface area (TPSA) is 38.3 Å². The number of halogens is 1. The van der Waals surface area contributed by atoms with Gasteiger partial charge in [-0.3, -0.25) is 4.79 Å². The number of nitrogens with one attached hydrogen (secondary N) is 1. The largest absolute Gasteiger partial charge is 0.376 e. The van der Waals surface area contributed by atoms with E-state index in [4.69, 9.17) is 4.74 Å². The number of ether oxygens (including phenoxy) is 1. The van der Waals surface area contributed by atoms with Crippen molar-refractivity contribution in [2.24, 2.45) is 0 Å². The minimum Gasteiger partial charge on any atom is -0.376 e. The normalized spacial score (nSPS) is 23.0. The maximum absolute atomic E-state index is 12.1. The second kappa shape index (κ2) is 6.25. The molecule has 1 aromatic carbocycles. The molecule has 1 aliphatic rings. The van der Waals surface area contributed by atoms with Crippen LogP contribution < -0.4 is 5.32 Å². The lowest BCUT2D eigenvalue weighted by Crippen LogP contribution is -2.44. The van der Waals surface area contributed by atoms with Crippen LogP contribution >= 0.6 is 34.4 Å². The highest BCUT2D eigenvalue weighted by Gasteiger charge is 2.34. The van der Waals surface area contributed by atoms with E-state index >= 15 is 0 Å². The van der Waals surface area contributed by atoms with E-state index in [2.05, 4.69) is 27.9 Å². The summed E-state index contributed by atoms with van der Waals surface area (Å²) in [7, 11) is 1.73. The summed E-state index contributed by atoms with van der Waals surface area (Å²) in [4.78, 5) is 12.1. The number of benzene rings is 1. The Labute approximate surface area is 125 Å². The number of thioether (sulfide) groups is 1. The van der Waals surface area contributed by atoms with Crippen molar-refractivity contribution in [2.45, 2.75) is 12.0 Å². The van der Waals surface area contributed by atoms with Gasteiger partial charge in [-0.2, -0.15) is 11.8 Å². The van der Waals surface area contributed by atoms with Crippen molar-refractivity contribution in [1.29, 1.82) is 0 Å². The Balaban J connectivity index is 1.98. The molecule has 0 bridgehead atoms. The molecule has 0 aromatic heterocycles. The monoisotopic (exact) mass is 377 g/mol. The Bertz CT molecular complexity index is 433. The van der Waals surface area contributed by atoms with Gasteiger partial charge in [0.05, 0.1) is 11.2 Å². The van der Waals surface area contributed by atoms with Crippen molar-refractivity contribution in [3.63, 3.8) is 0 Å². The van der Waals surface area contributed by atoms with Gasteiger partial charge in [-0.25, -0.2) is 0 Å². The molecule has 2 rings (SSSR count). The highest BCUT2D eigenvalue weighted by molar-refractivity contribution is 14.1. The maximum atomic E-state index is 12.1. The average Bonchev–Trinajstić information content (AvgIpc) is 2.86. The summed E-state index contributed by atoms with van der Waals surface area (Å²) >= 11 is 4.06. The first kappa shape index (κ1) is 14.1. The molecule has 0 saturated carbocycles. The standard InChI is InChI=1S/C13H16INO2S/c1-17-13(6-7-18-9-13)8-15-12(16)10-4-2-3-5-11(10)14/h2-5H,6-9H2,1H3,(H,15,16). The first-order valence-corrected chi connectivity index (χ1v) is 8.06. The number of rotatable bonds is 4. The number of carbonyl (C=O) groups is 1. The summed E-state index contributed by atoms with van der Waals surface area (Å²) in [5.41, 5.74) is 0.551. The molecule has 1 atom stereocenters. The summed E-state index contributed by atoms with van der Waals surface area (Å²) in [5.74, 6) is 2.04. The Morgan fingerprint density at radius 2 is 2.33 bits per heavy atom. The van der Waals surface area contributed by atoms with E-state index in [0.717, 1.165) is 27.1 Å². The Kier molecular flexibility index (Phi) is 4.91. The average molecular weight is 377 g/mol. The number of carbonyl (C=O) groups excluding carboxylic acids is 1. The zero-order valence-corrected chi connectivity index (χ0v) is 13.2. The second-order valence-corrected chi connectivity index (χ2v) is 6.62. The molecule has 1 aromatic rings. The van der Waals surface area contributed by atoms with Crippen molar-refractivity contribution in [2.75, 3.05) is 25.2 Å². The van der Waals surface area contributed by atoms with Gasteiger partial charge >= 0.3 is 0 Å². The molecular weight excluding hydrogens is 361 g/mol. The third kappa shape index (κ3) is 3.19. The Morgan fingerprint density at radius 1 is 1.56 bits per heavy atom. The molecule has 18 heavy (non-hydrogen) atoms. The quantitative estimate of drug-likeness (QED) is 0.820. The van der Waals surface area contributed by atoms with Crippen LogP contribution in [-0.2, 0) is 4.74 Å². The van der Waals surface area contributed by atoms with E-state index in [1.54, 1.807) is 7.11 Å². The number of hydrogen-bond donors (Lipinski definition) is 1. The third-order valence-corrected chi connectivity index (χ3v) is 5.35. The van der Waals surface area contributed by atoms with E-state index in [0.29, 0.717) is 6.54 Å².